The second kappa shape index (κ2) is 7.63. The van der Waals surface area contributed by atoms with E-state index in [1.807, 2.05) is 39.0 Å². The molecule has 1 fully saturated rings. The van der Waals surface area contributed by atoms with Crippen LogP contribution in [0.2, 0.25) is 0 Å². The van der Waals surface area contributed by atoms with E-state index in [1.54, 1.807) is 13.1 Å². The fourth-order valence-electron chi connectivity index (χ4n) is 2.71. The van der Waals surface area contributed by atoms with Gasteiger partial charge in [-0.1, -0.05) is 19.9 Å². The quantitative estimate of drug-likeness (QED) is 0.889. The van der Waals surface area contributed by atoms with Gasteiger partial charge in [-0.05, 0) is 31.9 Å². The van der Waals surface area contributed by atoms with Crippen molar-refractivity contribution < 1.29 is 4.79 Å². The molecule has 0 saturated carbocycles. The van der Waals surface area contributed by atoms with Crippen LogP contribution in [0.4, 0.5) is 5.82 Å². The average Bonchev–Trinajstić information content (AvgIpc) is 2.61. The Bertz CT molecular complexity index is 589. The largest absolute Gasteiger partial charge is 0.354 e. The van der Waals surface area contributed by atoms with E-state index >= 15 is 0 Å². The Labute approximate surface area is 144 Å². The molecule has 0 unspecified atom stereocenters. The Morgan fingerprint density at radius 2 is 1.96 bits per heavy atom. The Balaban J connectivity index is 1.92. The second-order valence-corrected chi connectivity index (χ2v) is 6.85. The number of carbonyl (C=O) groups excluding carboxylic acids is 1. The summed E-state index contributed by atoms with van der Waals surface area (Å²) in [6, 6.07) is 7.88. The third kappa shape index (κ3) is 4.04. The lowest BCUT2D eigenvalue weighted by Crippen LogP contribution is -2.58. The third-order valence-electron chi connectivity index (χ3n) is 4.98. The maximum atomic E-state index is 12.5. The van der Waals surface area contributed by atoms with Crippen molar-refractivity contribution in [3.05, 3.63) is 24.4 Å². The highest BCUT2D eigenvalue weighted by Crippen LogP contribution is 2.17. The van der Waals surface area contributed by atoms with Crippen molar-refractivity contribution >= 4 is 11.7 Å². The van der Waals surface area contributed by atoms with E-state index < -0.39 is 5.54 Å². The monoisotopic (exact) mass is 329 g/mol. The molecule has 2 atom stereocenters. The Kier molecular flexibility index (Phi) is 5.79. The van der Waals surface area contributed by atoms with Gasteiger partial charge in [0.25, 0.3) is 0 Å². The van der Waals surface area contributed by atoms with Gasteiger partial charge in [-0.3, -0.25) is 9.69 Å². The molecule has 6 heteroatoms. The summed E-state index contributed by atoms with van der Waals surface area (Å²) in [7, 11) is 0. The van der Waals surface area contributed by atoms with Crippen molar-refractivity contribution in [1.82, 2.24) is 15.2 Å². The van der Waals surface area contributed by atoms with Gasteiger partial charge in [0.1, 0.15) is 11.4 Å². The Morgan fingerprint density at radius 1 is 1.29 bits per heavy atom. The van der Waals surface area contributed by atoms with Crippen LogP contribution in [-0.2, 0) is 4.79 Å². The van der Waals surface area contributed by atoms with E-state index in [0.29, 0.717) is 0 Å². The number of hydrogen-bond donors (Lipinski definition) is 1. The first-order valence-electron chi connectivity index (χ1n) is 8.50. The smallest absolute Gasteiger partial charge is 0.238 e. The first-order valence-corrected chi connectivity index (χ1v) is 8.50. The summed E-state index contributed by atoms with van der Waals surface area (Å²) in [4.78, 5) is 21.3. The topological polar surface area (TPSA) is 72.3 Å². The zero-order valence-electron chi connectivity index (χ0n) is 15.0. The van der Waals surface area contributed by atoms with Crippen LogP contribution in [0.1, 0.15) is 27.7 Å². The lowest BCUT2D eigenvalue weighted by atomic mass is 9.89. The normalized spacial score (nSPS) is 19.4. The fourth-order valence-corrected chi connectivity index (χ4v) is 2.71. The van der Waals surface area contributed by atoms with Crippen LogP contribution in [0.25, 0.3) is 0 Å². The molecular formula is C18H27N5O. The molecule has 1 N–H and O–H groups in total. The number of nitrogens with one attached hydrogen (secondary N) is 1. The predicted octanol–water partition coefficient (Wildman–Crippen LogP) is 1.65. The van der Waals surface area contributed by atoms with Gasteiger partial charge in [0.15, 0.2) is 0 Å². The van der Waals surface area contributed by atoms with Crippen LogP contribution < -0.4 is 10.2 Å². The second-order valence-electron chi connectivity index (χ2n) is 6.85. The minimum absolute atomic E-state index is 0.0552. The summed E-state index contributed by atoms with van der Waals surface area (Å²) < 4.78 is 0. The molecule has 0 aliphatic carbocycles. The summed E-state index contributed by atoms with van der Waals surface area (Å²) in [6.07, 6.45) is 1.80. The predicted molar refractivity (Wildman–Crippen MR) is 94.5 cm³/mol. The van der Waals surface area contributed by atoms with Crippen LogP contribution in [0.5, 0.6) is 0 Å². The molecule has 130 valence electrons. The van der Waals surface area contributed by atoms with Gasteiger partial charge >= 0.3 is 0 Å². The van der Waals surface area contributed by atoms with Crippen molar-refractivity contribution in [2.75, 3.05) is 31.1 Å². The average molecular weight is 329 g/mol. The van der Waals surface area contributed by atoms with E-state index in [2.05, 4.69) is 26.2 Å². The summed E-state index contributed by atoms with van der Waals surface area (Å²) in [5, 5.41) is 12.3. The summed E-state index contributed by atoms with van der Waals surface area (Å²) in [5.74, 6) is 0.949. The number of carbonyl (C=O) groups is 1. The third-order valence-corrected chi connectivity index (χ3v) is 4.98. The molecule has 6 nitrogen and oxygen atoms in total. The number of nitriles is 1. The van der Waals surface area contributed by atoms with Gasteiger partial charge in [0, 0.05) is 32.4 Å². The van der Waals surface area contributed by atoms with Crippen LogP contribution in [0.15, 0.2) is 24.4 Å². The van der Waals surface area contributed by atoms with Gasteiger partial charge in [0.05, 0.1) is 12.1 Å². The lowest BCUT2D eigenvalue weighted by molar-refractivity contribution is -0.127. The van der Waals surface area contributed by atoms with Crippen LogP contribution in [0.3, 0.4) is 0 Å². The van der Waals surface area contributed by atoms with Gasteiger partial charge < -0.3 is 10.2 Å². The number of aromatic nitrogens is 1. The first kappa shape index (κ1) is 18.2. The molecule has 0 spiro atoms. The lowest BCUT2D eigenvalue weighted by Gasteiger charge is -2.39. The Hall–Kier alpha value is -2.13. The van der Waals surface area contributed by atoms with Gasteiger partial charge in [-0.15, -0.1) is 0 Å². The summed E-state index contributed by atoms with van der Waals surface area (Å²) in [5.41, 5.74) is -0.832. The van der Waals surface area contributed by atoms with Crippen molar-refractivity contribution in [3.8, 4) is 6.07 Å². The number of amides is 1. The maximum Gasteiger partial charge on any atom is 0.238 e. The number of piperazine rings is 1. The molecule has 2 rings (SSSR count). The number of rotatable bonds is 5. The zero-order valence-corrected chi connectivity index (χ0v) is 15.0. The van der Waals surface area contributed by atoms with Gasteiger partial charge in [0.2, 0.25) is 5.91 Å². The molecule has 1 amide bonds. The molecule has 24 heavy (non-hydrogen) atoms. The van der Waals surface area contributed by atoms with Gasteiger partial charge in [-0.2, -0.15) is 5.26 Å². The molecule has 1 aromatic heterocycles. The van der Waals surface area contributed by atoms with Crippen molar-refractivity contribution in [2.24, 2.45) is 5.92 Å². The van der Waals surface area contributed by atoms with E-state index in [9.17, 15) is 10.1 Å². The highest BCUT2D eigenvalue weighted by molar-refractivity contribution is 5.82. The summed E-state index contributed by atoms with van der Waals surface area (Å²) >= 11 is 0. The SMILES string of the molecule is CC(C)[C@](C)(C#N)NC(=O)[C@H](C)N1CCN(c2ccccn2)CC1. The highest BCUT2D eigenvalue weighted by Gasteiger charge is 2.34. The number of pyridine rings is 1. The molecule has 1 aliphatic rings. The van der Waals surface area contributed by atoms with E-state index in [1.165, 1.54) is 0 Å². The molecular weight excluding hydrogens is 302 g/mol. The Morgan fingerprint density at radius 3 is 2.46 bits per heavy atom. The van der Waals surface area contributed by atoms with Crippen molar-refractivity contribution in [3.63, 3.8) is 0 Å². The summed E-state index contributed by atoms with van der Waals surface area (Å²) in [6.45, 7) is 10.9. The van der Waals surface area contributed by atoms with Crippen LogP contribution in [0, 0.1) is 17.2 Å². The minimum atomic E-state index is -0.832. The van der Waals surface area contributed by atoms with Crippen LogP contribution in [-0.4, -0.2) is 53.6 Å². The van der Waals surface area contributed by atoms with Crippen molar-refractivity contribution in [2.45, 2.75) is 39.3 Å². The van der Waals surface area contributed by atoms with E-state index in [0.717, 1.165) is 32.0 Å². The molecule has 2 heterocycles. The number of nitrogens with zero attached hydrogens (tertiary/aromatic N) is 4. The molecule has 1 aromatic rings. The zero-order chi connectivity index (χ0) is 17.7. The maximum absolute atomic E-state index is 12.5. The van der Waals surface area contributed by atoms with E-state index in [-0.39, 0.29) is 17.9 Å². The van der Waals surface area contributed by atoms with Crippen molar-refractivity contribution in [1.29, 1.82) is 5.26 Å². The molecule has 0 bridgehead atoms. The fraction of sp³-hybridized carbons (Fsp3) is 0.611. The molecule has 1 aliphatic heterocycles. The molecule has 1 saturated heterocycles. The number of hydrogen-bond acceptors (Lipinski definition) is 5. The highest BCUT2D eigenvalue weighted by atomic mass is 16.2. The molecule has 0 aromatic carbocycles. The minimum Gasteiger partial charge on any atom is -0.354 e. The van der Waals surface area contributed by atoms with E-state index in [4.69, 9.17) is 0 Å². The standard InChI is InChI=1S/C18H27N5O/c1-14(2)18(4,13-19)21-17(24)15(3)22-9-11-23(12-10-22)16-7-5-6-8-20-16/h5-8,14-15H,9-12H2,1-4H3,(H,21,24)/t15-,18-/m0/s1. The number of anilines is 1. The van der Waals surface area contributed by atoms with Gasteiger partial charge in [-0.25, -0.2) is 4.98 Å². The first-order chi connectivity index (χ1) is 11.4. The molecule has 0 radical (unpaired) electrons. The van der Waals surface area contributed by atoms with Crippen LogP contribution >= 0.6 is 0 Å².